The number of rotatable bonds is 5. The normalized spacial score (nSPS) is 20.0. The summed E-state index contributed by atoms with van der Waals surface area (Å²) in [5.74, 6) is -1.27. The van der Waals surface area contributed by atoms with Crippen LogP contribution in [-0.2, 0) is 17.4 Å². The number of hydrogen-bond donors (Lipinski definition) is 1. The van der Waals surface area contributed by atoms with E-state index in [1.807, 2.05) is 0 Å². The molecule has 0 saturated carbocycles. The van der Waals surface area contributed by atoms with Crippen LogP contribution in [-0.4, -0.2) is 33.7 Å². The lowest BCUT2D eigenvalue weighted by Gasteiger charge is -2.25. The number of halogens is 1. The van der Waals surface area contributed by atoms with Crippen molar-refractivity contribution in [3.63, 3.8) is 0 Å². The second-order valence-electron chi connectivity index (χ2n) is 6.01. The molecule has 2 aromatic rings. The van der Waals surface area contributed by atoms with E-state index in [9.17, 15) is 18.8 Å². The quantitative estimate of drug-likeness (QED) is 0.668. The van der Waals surface area contributed by atoms with Gasteiger partial charge in [-0.15, -0.1) is 0 Å². The molecule has 1 N–H and O–H groups in total. The van der Waals surface area contributed by atoms with E-state index in [0.717, 1.165) is 4.90 Å². The Morgan fingerprint density at radius 2 is 1.88 bits per heavy atom. The van der Waals surface area contributed by atoms with E-state index in [2.05, 4.69) is 5.32 Å². The van der Waals surface area contributed by atoms with Gasteiger partial charge in [0.1, 0.15) is 11.4 Å². The first-order chi connectivity index (χ1) is 11.9. The molecule has 7 heteroatoms. The van der Waals surface area contributed by atoms with Crippen molar-refractivity contribution in [2.45, 2.75) is 18.9 Å². The summed E-state index contributed by atoms with van der Waals surface area (Å²) in [5.41, 5.74) is -0.376. The minimum Gasteiger partial charge on any atom is -0.348 e. The van der Waals surface area contributed by atoms with Gasteiger partial charge in [-0.1, -0.05) is 19.1 Å². The smallest absolute Gasteiger partial charge is 0.325 e. The van der Waals surface area contributed by atoms with E-state index in [0.29, 0.717) is 11.3 Å². The molecule has 1 aliphatic rings. The summed E-state index contributed by atoms with van der Waals surface area (Å²) < 4.78 is 14.8. The summed E-state index contributed by atoms with van der Waals surface area (Å²) in [6.07, 6.45) is 2.01. The van der Waals surface area contributed by atoms with Crippen molar-refractivity contribution in [2.75, 3.05) is 6.54 Å². The fourth-order valence-electron chi connectivity index (χ4n) is 3.12. The van der Waals surface area contributed by atoms with Gasteiger partial charge >= 0.3 is 6.03 Å². The summed E-state index contributed by atoms with van der Waals surface area (Å²) in [6.45, 7) is 1.41. The van der Waals surface area contributed by atoms with Gasteiger partial charge in [-0.2, -0.15) is 0 Å². The SMILES string of the molecule is CCC1(c2ccc(F)cc2)NC(=O)N(CC(=O)c2cccn2C)C1=O. The second kappa shape index (κ2) is 6.16. The molecule has 1 unspecified atom stereocenters. The summed E-state index contributed by atoms with van der Waals surface area (Å²) in [6, 6.07) is 8.15. The first kappa shape index (κ1) is 16.9. The number of Topliss-reactive ketones (excluding diaryl/α,β-unsaturated/α-hetero) is 1. The zero-order valence-corrected chi connectivity index (χ0v) is 14.0. The van der Waals surface area contributed by atoms with E-state index < -0.39 is 23.3 Å². The van der Waals surface area contributed by atoms with E-state index >= 15 is 0 Å². The number of hydrogen-bond acceptors (Lipinski definition) is 3. The average Bonchev–Trinajstić information content (AvgIpc) is 3.12. The molecule has 0 bridgehead atoms. The van der Waals surface area contributed by atoms with Crippen LogP contribution in [0, 0.1) is 5.82 Å². The Hall–Kier alpha value is -2.96. The maximum atomic E-state index is 13.2. The van der Waals surface area contributed by atoms with Crippen molar-refractivity contribution in [1.29, 1.82) is 0 Å². The van der Waals surface area contributed by atoms with Crippen molar-refractivity contribution < 1.29 is 18.8 Å². The molecule has 1 saturated heterocycles. The number of aromatic nitrogens is 1. The zero-order valence-electron chi connectivity index (χ0n) is 14.0. The molecule has 3 rings (SSSR count). The van der Waals surface area contributed by atoms with E-state index in [-0.39, 0.29) is 18.7 Å². The highest BCUT2D eigenvalue weighted by atomic mass is 19.1. The number of urea groups is 1. The van der Waals surface area contributed by atoms with Crippen LogP contribution in [0.2, 0.25) is 0 Å². The first-order valence-corrected chi connectivity index (χ1v) is 7.93. The monoisotopic (exact) mass is 343 g/mol. The summed E-state index contributed by atoms with van der Waals surface area (Å²) in [4.78, 5) is 38.6. The third-order valence-corrected chi connectivity index (χ3v) is 4.57. The van der Waals surface area contributed by atoms with Crippen molar-refractivity contribution in [3.05, 3.63) is 59.7 Å². The Morgan fingerprint density at radius 1 is 1.20 bits per heavy atom. The third-order valence-electron chi connectivity index (χ3n) is 4.57. The Morgan fingerprint density at radius 3 is 2.44 bits per heavy atom. The zero-order chi connectivity index (χ0) is 18.2. The maximum Gasteiger partial charge on any atom is 0.325 e. The molecule has 1 atom stereocenters. The molecular formula is C18H18FN3O3. The van der Waals surface area contributed by atoms with E-state index in [4.69, 9.17) is 0 Å². The minimum atomic E-state index is -1.28. The highest BCUT2D eigenvalue weighted by Gasteiger charge is 2.51. The number of carbonyl (C=O) groups excluding carboxylic acids is 3. The Balaban J connectivity index is 1.89. The van der Waals surface area contributed by atoms with Crippen molar-refractivity contribution in [2.24, 2.45) is 7.05 Å². The number of carbonyl (C=O) groups is 3. The van der Waals surface area contributed by atoms with Crippen LogP contribution in [0.4, 0.5) is 9.18 Å². The molecule has 1 aromatic carbocycles. The summed E-state index contributed by atoms with van der Waals surface area (Å²) >= 11 is 0. The van der Waals surface area contributed by atoms with Crippen LogP contribution in [0.1, 0.15) is 29.4 Å². The fraction of sp³-hybridized carbons (Fsp3) is 0.278. The highest BCUT2D eigenvalue weighted by Crippen LogP contribution is 2.32. The van der Waals surface area contributed by atoms with Crippen LogP contribution >= 0.6 is 0 Å². The van der Waals surface area contributed by atoms with Crippen LogP contribution in [0.15, 0.2) is 42.6 Å². The third kappa shape index (κ3) is 2.71. The average molecular weight is 343 g/mol. The number of imide groups is 1. The van der Waals surface area contributed by atoms with Gasteiger partial charge < -0.3 is 9.88 Å². The maximum absolute atomic E-state index is 13.2. The number of amides is 3. The van der Waals surface area contributed by atoms with Crippen LogP contribution in [0.3, 0.4) is 0 Å². The van der Waals surface area contributed by atoms with Gasteiger partial charge in [0.2, 0.25) is 0 Å². The molecule has 6 nitrogen and oxygen atoms in total. The van der Waals surface area contributed by atoms with Gasteiger partial charge in [-0.05, 0) is 36.2 Å². The molecule has 1 fully saturated rings. The molecule has 130 valence electrons. The Labute approximate surface area is 144 Å². The number of ketones is 1. The van der Waals surface area contributed by atoms with Gasteiger partial charge in [0.05, 0.1) is 12.2 Å². The summed E-state index contributed by atoms with van der Waals surface area (Å²) in [7, 11) is 1.72. The fourth-order valence-corrected chi connectivity index (χ4v) is 3.12. The number of aryl methyl sites for hydroxylation is 1. The van der Waals surface area contributed by atoms with Gasteiger partial charge in [-0.25, -0.2) is 9.18 Å². The van der Waals surface area contributed by atoms with Crippen LogP contribution < -0.4 is 5.32 Å². The van der Waals surface area contributed by atoms with E-state index in [1.54, 1.807) is 36.9 Å². The van der Waals surface area contributed by atoms with E-state index in [1.165, 1.54) is 24.3 Å². The lowest BCUT2D eigenvalue weighted by Crippen LogP contribution is -2.44. The Kier molecular flexibility index (Phi) is 4.16. The van der Waals surface area contributed by atoms with Crippen molar-refractivity contribution in [3.8, 4) is 0 Å². The number of nitrogens with one attached hydrogen (secondary N) is 1. The lowest BCUT2D eigenvalue weighted by molar-refractivity contribution is -0.131. The largest absolute Gasteiger partial charge is 0.348 e. The predicted octanol–water partition coefficient (Wildman–Crippen LogP) is 2.20. The molecule has 1 aliphatic heterocycles. The highest BCUT2D eigenvalue weighted by molar-refractivity contribution is 6.11. The van der Waals surface area contributed by atoms with Gasteiger partial charge in [0.15, 0.2) is 5.78 Å². The molecule has 1 aromatic heterocycles. The molecular weight excluding hydrogens is 325 g/mol. The molecule has 25 heavy (non-hydrogen) atoms. The van der Waals surface area contributed by atoms with Crippen molar-refractivity contribution in [1.82, 2.24) is 14.8 Å². The van der Waals surface area contributed by atoms with Crippen LogP contribution in [0.25, 0.3) is 0 Å². The lowest BCUT2D eigenvalue weighted by atomic mass is 9.87. The molecule has 2 heterocycles. The van der Waals surface area contributed by atoms with Gasteiger partial charge in [-0.3, -0.25) is 14.5 Å². The second-order valence-corrected chi connectivity index (χ2v) is 6.01. The van der Waals surface area contributed by atoms with Gasteiger partial charge in [0.25, 0.3) is 5.91 Å². The molecule has 0 radical (unpaired) electrons. The van der Waals surface area contributed by atoms with Crippen molar-refractivity contribution >= 4 is 17.7 Å². The topological polar surface area (TPSA) is 71.4 Å². The minimum absolute atomic E-state index is 0.290. The number of benzene rings is 1. The molecule has 0 spiro atoms. The van der Waals surface area contributed by atoms with Crippen LogP contribution in [0.5, 0.6) is 0 Å². The molecule has 3 amide bonds. The number of nitrogens with zero attached hydrogens (tertiary/aromatic N) is 2. The molecule has 0 aliphatic carbocycles. The predicted molar refractivity (Wildman–Crippen MR) is 88.4 cm³/mol. The first-order valence-electron chi connectivity index (χ1n) is 7.93. The Bertz CT molecular complexity index is 844. The summed E-state index contributed by atoms with van der Waals surface area (Å²) in [5, 5.41) is 2.67. The van der Waals surface area contributed by atoms with Gasteiger partial charge in [0, 0.05) is 13.2 Å². The standard InChI is InChI=1S/C18H18FN3O3/c1-3-18(12-6-8-13(19)9-7-12)16(24)22(17(25)20-18)11-15(23)14-5-4-10-21(14)2/h4-10H,3,11H2,1-2H3,(H,20,25).